The standard InChI is InChI=1S/C29H30Cl2N6O6S2/c1-4-43-29(39)37-44(3,40)22-8-5-7-21(15-22)34-28-32-16-23(27(35-28)33-18(2)17-38)19-11-13-20(14-12-19)36-45(41,42)25-10-6-9-24(30)26(25)31/h5-16,18,36,38H,4,17H2,1-3H3,(H2,32,33,34,35)/t18-,44-/m1/s1. The molecule has 45 heavy (non-hydrogen) atoms. The summed E-state index contributed by atoms with van der Waals surface area (Å²) in [5.41, 5.74) is 2.01. The fourth-order valence-corrected chi connectivity index (χ4v) is 6.89. The molecule has 0 unspecified atom stereocenters. The van der Waals surface area contributed by atoms with Crippen molar-refractivity contribution in [1.82, 2.24) is 9.97 Å². The highest BCUT2D eigenvalue weighted by Crippen LogP contribution is 2.32. The Morgan fingerprint density at radius 3 is 2.44 bits per heavy atom. The van der Waals surface area contributed by atoms with Crippen LogP contribution in [0.15, 0.2) is 87.1 Å². The first kappa shape index (κ1) is 33.9. The third kappa shape index (κ3) is 8.61. The van der Waals surface area contributed by atoms with Gasteiger partial charge in [0.25, 0.3) is 10.0 Å². The molecule has 0 saturated carbocycles. The van der Waals surface area contributed by atoms with E-state index in [2.05, 4.69) is 29.7 Å². The quantitative estimate of drug-likeness (QED) is 0.138. The highest BCUT2D eigenvalue weighted by Gasteiger charge is 2.20. The molecule has 4 rings (SSSR count). The lowest BCUT2D eigenvalue weighted by Gasteiger charge is -2.17. The van der Waals surface area contributed by atoms with E-state index >= 15 is 0 Å². The van der Waals surface area contributed by atoms with Gasteiger partial charge in [0.15, 0.2) is 0 Å². The van der Waals surface area contributed by atoms with Gasteiger partial charge in [-0.15, -0.1) is 4.36 Å². The minimum Gasteiger partial charge on any atom is -0.448 e. The molecule has 3 aromatic carbocycles. The first-order chi connectivity index (χ1) is 21.3. The summed E-state index contributed by atoms with van der Waals surface area (Å²) in [5.74, 6) is 0.581. The Bertz CT molecular complexity index is 1930. The summed E-state index contributed by atoms with van der Waals surface area (Å²) in [6.45, 7) is 3.34. The van der Waals surface area contributed by atoms with Gasteiger partial charge in [-0.05, 0) is 61.9 Å². The molecule has 0 aliphatic carbocycles. The van der Waals surface area contributed by atoms with Gasteiger partial charge in [0, 0.05) is 40.3 Å². The van der Waals surface area contributed by atoms with Gasteiger partial charge in [0.05, 0.1) is 33.0 Å². The van der Waals surface area contributed by atoms with Crippen molar-refractivity contribution in [3.8, 4) is 11.1 Å². The molecule has 4 N–H and O–H groups in total. The number of aliphatic hydroxyl groups is 1. The maximum absolute atomic E-state index is 13.1. The number of aliphatic hydroxyl groups excluding tert-OH is 1. The van der Waals surface area contributed by atoms with Crippen LogP contribution < -0.4 is 15.4 Å². The van der Waals surface area contributed by atoms with Crippen molar-refractivity contribution in [3.05, 3.63) is 83.0 Å². The minimum atomic E-state index is -4.01. The minimum absolute atomic E-state index is 0.0791. The third-order valence-electron chi connectivity index (χ3n) is 6.14. The Labute approximate surface area is 271 Å². The van der Waals surface area contributed by atoms with Gasteiger partial charge in [-0.1, -0.05) is 47.5 Å². The molecule has 0 saturated heterocycles. The fraction of sp³-hybridized carbons (Fsp3) is 0.207. The summed E-state index contributed by atoms with van der Waals surface area (Å²) >= 11 is 12.1. The molecule has 0 fully saturated rings. The van der Waals surface area contributed by atoms with Crippen LogP contribution in [-0.2, 0) is 24.5 Å². The van der Waals surface area contributed by atoms with Crippen molar-refractivity contribution >= 4 is 72.2 Å². The second-order valence-corrected chi connectivity index (χ2v) is 14.4. The van der Waals surface area contributed by atoms with Crippen LogP contribution in [0.4, 0.5) is 27.9 Å². The molecular weight excluding hydrogens is 663 g/mol. The zero-order chi connectivity index (χ0) is 32.8. The Kier molecular flexibility index (Phi) is 10.9. The van der Waals surface area contributed by atoms with E-state index in [4.69, 9.17) is 27.9 Å². The predicted octanol–water partition coefficient (Wildman–Crippen LogP) is 6.40. The predicted molar refractivity (Wildman–Crippen MR) is 176 cm³/mol. The highest BCUT2D eigenvalue weighted by atomic mass is 35.5. The van der Waals surface area contributed by atoms with Crippen molar-refractivity contribution in [2.24, 2.45) is 4.36 Å². The Morgan fingerprint density at radius 2 is 1.76 bits per heavy atom. The van der Waals surface area contributed by atoms with Crippen LogP contribution in [0.5, 0.6) is 0 Å². The SMILES string of the molecule is CCOC(=O)N=[S@](C)(=O)c1cccc(Nc2ncc(-c3ccc(NS(=O)(=O)c4cccc(Cl)c4Cl)cc3)c(N[C@H](C)CO)n2)c1. The molecule has 0 radical (unpaired) electrons. The number of nitrogens with zero attached hydrogens (tertiary/aromatic N) is 3. The fourth-order valence-electron chi connectivity index (χ4n) is 3.95. The van der Waals surface area contributed by atoms with Gasteiger partial charge in [-0.25, -0.2) is 22.4 Å². The number of benzene rings is 3. The average Bonchev–Trinajstić information content (AvgIpc) is 2.99. The van der Waals surface area contributed by atoms with Crippen molar-refractivity contribution in [1.29, 1.82) is 0 Å². The van der Waals surface area contributed by atoms with Gasteiger partial charge in [0.2, 0.25) is 5.95 Å². The lowest BCUT2D eigenvalue weighted by atomic mass is 10.1. The first-order valence-corrected chi connectivity index (χ1v) is 17.6. The second kappa shape index (κ2) is 14.4. The summed E-state index contributed by atoms with van der Waals surface area (Å²) in [6, 6.07) is 17.0. The number of anilines is 4. The molecule has 0 aliphatic rings. The van der Waals surface area contributed by atoms with E-state index in [1.165, 1.54) is 24.5 Å². The summed E-state index contributed by atoms with van der Waals surface area (Å²) in [5, 5.41) is 15.9. The van der Waals surface area contributed by atoms with E-state index in [0.717, 1.165) is 0 Å². The molecule has 238 valence electrons. The smallest absolute Gasteiger partial charge is 0.442 e. The van der Waals surface area contributed by atoms with Crippen LogP contribution in [0, 0.1) is 0 Å². The summed E-state index contributed by atoms with van der Waals surface area (Å²) in [6.07, 6.45) is 2.00. The molecular formula is C29H30Cl2N6O6S2. The number of hydrogen-bond donors (Lipinski definition) is 4. The third-order valence-corrected chi connectivity index (χ3v) is 10.1. The lowest BCUT2D eigenvalue weighted by Crippen LogP contribution is -2.21. The molecule has 12 nitrogen and oxygen atoms in total. The van der Waals surface area contributed by atoms with Gasteiger partial charge >= 0.3 is 6.09 Å². The van der Waals surface area contributed by atoms with E-state index in [1.807, 2.05) is 0 Å². The van der Waals surface area contributed by atoms with Crippen LogP contribution in [-0.4, -0.2) is 59.3 Å². The molecule has 1 aromatic heterocycles. The van der Waals surface area contributed by atoms with Crippen molar-refractivity contribution in [2.75, 3.05) is 34.8 Å². The second-order valence-electron chi connectivity index (χ2n) is 9.66. The number of ether oxygens (including phenoxy) is 1. The monoisotopic (exact) mass is 692 g/mol. The lowest BCUT2D eigenvalue weighted by molar-refractivity contribution is 0.164. The van der Waals surface area contributed by atoms with Crippen molar-refractivity contribution in [2.45, 2.75) is 29.7 Å². The number of carbonyl (C=O) groups excluding carboxylic acids is 1. The number of nitrogens with one attached hydrogen (secondary N) is 3. The first-order valence-electron chi connectivity index (χ1n) is 13.4. The largest absolute Gasteiger partial charge is 0.448 e. The summed E-state index contributed by atoms with van der Waals surface area (Å²) in [7, 11) is -7.09. The van der Waals surface area contributed by atoms with E-state index in [0.29, 0.717) is 27.5 Å². The summed E-state index contributed by atoms with van der Waals surface area (Å²) < 4.78 is 49.9. The van der Waals surface area contributed by atoms with E-state index in [9.17, 15) is 22.5 Å². The normalized spacial score (nSPS) is 13.3. The van der Waals surface area contributed by atoms with Crippen LogP contribution in [0.1, 0.15) is 13.8 Å². The Morgan fingerprint density at radius 1 is 1.04 bits per heavy atom. The van der Waals surface area contributed by atoms with Gasteiger partial charge in [-0.3, -0.25) is 4.72 Å². The molecule has 0 bridgehead atoms. The molecule has 0 spiro atoms. The molecule has 1 heterocycles. The number of hydrogen-bond acceptors (Lipinski definition) is 10. The number of sulfonamides is 1. The van der Waals surface area contributed by atoms with Gasteiger partial charge in [-0.2, -0.15) is 4.98 Å². The Hall–Kier alpha value is -3.95. The zero-order valence-corrected chi connectivity index (χ0v) is 27.5. The van der Waals surface area contributed by atoms with Crippen LogP contribution in [0.2, 0.25) is 10.0 Å². The van der Waals surface area contributed by atoms with Crippen LogP contribution in [0.3, 0.4) is 0 Å². The van der Waals surface area contributed by atoms with Gasteiger partial charge < -0.3 is 20.5 Å². The zero-order valence-electron chi connectivity index (χ0n) is 24.3. The Balaban J connectivity index is 1.61. The highest BCUT2D eigenvalue weighted by molar-refractivity contribution is 7.93. The number of carbonyl (C=O) groups is 1. The maximum atomic E-state index is 13.1. The maximum Gasteiger partial charge on any atom is 0.442 e. The number of rotatable bonds is 11. The molecule has 2 atom stereocenters. The van der Waals surface area contributed by atoms with E-state index < -0.39 is 25.8 Å². The molecule has 16 heteroatoms. The van der Waals surface area contributed by atoms with Gasteiger partial charge in [0.1, 0.15) is 10.7 Å². The van der Waals surface area contributed by atoms with Crippen LogP contribution >= 0.6 is 23.2 Å². The van der Waals surface area contributed by atoms with Crippen LogP contribution in [0.25, 0.3) is 11.1 Å². The summed E-state index contributed by atoms with van der Waals surface area (Å²) in [4.78, 5) is 21.0. The molecule has 0 aliphatic heterocycles. The van der Waals surface area contributed by atoms with Crippen molar-refractivity contribution in [3.63, 3.8) is 0 Å². The van der Waals surface area contributed by atoms with E-state index in [-0.39, 0.29) is 45.8 Å². The van der Waals surface area contributed by atoms with E-state index in [1.54, 1.807) is 68.6 Å². The topological polar surface area (TPSA) is 172 Å². The number of amides is 1. The number of aromatic nitrogens is 2. The van der Waals surface area contributed by atoms with Crippen molar-refractivity contribution < 1.29 is 27.3 Å². The number of halogens is 2. The average molecular weight is 694 g/mol. The molecule has 4 aromatic rings. The molecule has 1 amide bonds.